The summed E-state index contributed by atoms with van der Waals surface area (Å²) < 4.78 is 0.898. The Hall–Kier alpha value is -3.40. The Bertz CT molecular complexity index is 1380. The molecule has 0 unspecified atom stereocenters. The molecule has 198 valence electrons. The van der Waals surface area contributed by atoms with Gasteiger partial charge in [-0.1, -0.05) is 41.4 Å². The highest BCUT2D eigenvalue weighted by Gasteiger charge is 2.28. The van der Waals surface area contributed by atoms with E-state index in [9.17, 15) is 24.3 Å². The molecular weight excluding hydrogens is 549 g/mol. The topological polar surface area (TPSA) is 116 Å². The van der Waals surface area contributed by atoms with Crippen molar-refractivity contribution < 1.29 is 24.3 Å². The molecule has 2 heterocycles. The van der Waals surface area contributed by atoms with Crippen LogP contribution in [0.4, 0.5) is 0 Å². The van der Waals surface area contributed by atoms with Crippen LogP contribution in [0.15, 0.2) is 53.9 Å². The van der Waals surface area contributed by atoms with Crippen molar-refractivity contribution in [1.82, 2.24) is 15.5 Å². The van der Waals surface area contributed by atoms with Crippen LogP contribution in [-0.4, -0.2) is 58.9 Å². The molecule has 3 aromatic rings. The van der Waals surface area contributed by atoms with Crippen LogP contribution in [0.3, 0.4) is 0 Å². The quantitative estimate of drug-likeness (QED) is 0.340. The molecule has 1 aliphatic heterocycles. The second-order valence-electron chi connectivity index (χ2n) is 8.86. The third-order valence-electron chi connectivity index (χ3n) is 6.25. The van der Waals surface area contributed by atoms with E-state index in [0.29, 0.717) is 47.1 Å². The number of thiophene rings is 1. The average molecular weight is 574 g/mol. The fourth-order valence-electron chi connectivity index (χ4n) is 4.22. The molecule has 0 radical (unpaired) electrons. The number of carbonyl (C=O) groups excluding carboxylic acids is 3. The predicted molar refractivity (Wildman–Crippen MR) is 149 cm³/mol. The van der Waals surface area contributed by atoms with E-state index in [-0.39, 0.29) is 11.9 Å². The normalized spacial score (nSPS) is 14.9. The number of nitrogens with one attached hydrogen (secondary N) is 2. The molecule has 3 amide bonds. The second-order valence-corrected chi connectivity index (χ2v) is 10.5. The average Bonchev–Trinajstić information content (AvgIpc) is 3.39. The number of aliphatic carboxylic acids is 1. The zero-order chi connectivity index (χ0) is 27.2. The molecule has 4 rings (SSSR count). The van der Waals surface area contributed by atoms with Crippen molar-refractivity contribution in [1.29, 1.82) is 0 Å². The summed E-state index contributed by atoms with van der Waals surface area (Å²) >= 11 is 14.2. The summed E-state index contributed by atoms with van der Waals surface area (Å²) in [5, 5.41) is 18.3. The molecule has 1 aromatic heterocycles. The number of amides is 3. The highest BCUT2D eigenvalue weighted by atomic mass is 35.5. The number of carboxylic acids is 1. The smallest absolute Gasteiger partial charge is 0.305 e. The van der Waals surface area contributed by atoms with Gasteiger partial charge < -0.3 is 20.6 Å². The number of carboxylic acid groups (broad SMARTS) is 1. The number of likely N-dealkylation sites (tertiary alicyclic amines) is 1. The summed E-state index contributed by atoms with van der Waals surface area (Å²) in [6.07, 6.45) is 3.54. The lowest BCUT2D eigenvalue weighted by Crippen LogP contribution is -2.53. The number of benzene rings is 2. The number of hydrogen-bond donors (Lipinski definition) is 3. The van der Waals surface area contributed by atoms with Gasteiger partial charge in [0.1, 0.15) is 6.04 Å². The standard InChI is InChI=1S/C27H25Cl2N3O5S/c28-23-17(14-18-10-13-38-25(18)24(23)29)6-7-21(33)32-11-8-19(9-12-32)30-27(37)20(15-22(34)35)31-26(36)16-4-2-1-3-5-16/h1-7,10,13-14,19-20H,8-9,11-12,15H2,(H,30,37)(H,31,36)(H,34,35)/b7-6+/t20-/m0/s1. The van der Waals surface area contributed by atoms with Gasteiger partial charge in [0.25, 0.3) is 5.91 Å². The lowest BCUT2D eigenvalue weighted by molar-refractivity contribution is -0.140. The van der Waals surface area contributed by atoms with Crippen molar-refractivity contribution in [2.75, 3.05) is 13.1 Å². The number of nitrogens with zero attached hydrogens (tertiary/aromatic N) is 1. The first-order chi connectivity index (χ1) is 18.2. The van der Waals surface area contributed by atoms with E-state index in [0.717, 1.165) is 10.1 Å². The van der Waals surface area contributed by atoms with Gasteiger partial charge in [0, 0.05) is 30.8 Å². The molecule has 38 heavy (non-hydrogen) atoms. The van der Waals surface area contributed by atoms with E-state index in [1.165, 1.54) is 17.4 Å². The number of carbonyl (C=O) groups is 4. The molecule has 11 heteroatoms. The van der Waals surface area contributed by atoms with Gasteiger partial charge in [0.2, 0.25) is 11.8 Å². The summed E-state index contributed by atoms with van der Waals surface area (Å²) in [6, 6.07) is 10.6. The Labute approximate surface area is 233 Å². The molecule has 0 spiro atoms. The van der Waals surface area contributed by atoms with Gasteiger partial charge in [-0.3, -0.25) is 19.2 Å². The molecular formula is C27H25Cl2N3O5S. The number of hydrogen-bond acceptors (Lipinski definition) is 5. The van der Waals surface area contributed by atoms with Crippen LogP contribution in [0, 0.1) is 0 Å². The van der Waals surface area contributed by atoms with Crippen LogP contribution >= 0.6 is 34.5 Å². The largest absolute Gasteiger partial charge is 0.481 e. The molecule has 1 saturated heterocycles. The maximum Gasteiger partial charge on any atom is 0.305 e. The number of halogens is 2. The summed E-state index contributed by atoms with van der Waals surface area (Å²) in [5.41, 5.74) is 0.981. The number of fused-ring (bicyclic) bond motifs is 1. The minimum absolute atomic E-state index is 0.189. The Morgan fingerprint density at radius 2 is 1.79 bits per heavy atom. The SMILES string of the molecule is O=C(O)C[C@H](NC(=O)c1ccccc1)C(=O)NC1CCN(C(=O)/C=C/c2cc3ccsc3c(Cl)c2Cl)CC1. The molecule has 3 N–H and O–H groups in total. The highest BCUT2D eigenvalue weighted by molar-refractivity contribution is 7.18. The van der Waals surface area contributed by atoms with Gasteiger partial charge in [-0.05, 0) is 59.5 Å². The van der Waals surface area contributed by atoms with Crippen molar-refractivity contribution in [2.45, 2.75) is 31.3 Å². The summed E-state index contributed by atoms with van der Waals surface area (Å²) in [5.74, 6) is -2.49. The van der Waals surface area contributed by atoms with Crippen LogP contribution in [0.5, 0.6) is 0 Å². The van der Waals surface area contributed by atoms with Crippen molar-refractivity contribution in [3.63, 3.8) is 0 Å². The lowest BCUT2D eigenvalue weighted by atomic mass is 10.0. The van der Waals surface area contributed by atoms with Crippen LogP contribution < -0.4 is 10.6 Å². The Morgan fingerprint density at radius 3 is 2.47 bits per heavy atom. The zero-order valence-electron chi connectivity index (χ0n) is 20.2. The van der Waals surface area contributed by atoms with Crippen molar-refractivity contribution in [2.24, 2.45) is 0 Å². The number of piperidine rings is 1. The molecule has 0 saturated carbocycles. The van der Waals surface area contributed by atoms with E-state index in [4.69, 9.17) is 23.2 Å². The second kappa shape index (κ2) is 12.4. The molecule has 8 nitrogen and oxygen atoms in total. The summed E-state index contributed by atoms with van der Waals surface area (Å²) in [6.45, 7) is 0.818. The maximum absolute atomic E-state index is 12.8. The summed E-state index contributed by atoms with van der Waals surface area (Å²) in [7, 11) is 0. The highest BCUT2D eigenvalue weighted by Crippen LogP contribution is 2.37. The maximum atomic E-state index is 12.8. The first kappa shape index (κ1) is 27.6. The minimum atomic E-state index is -1.22. The first-order valence-electron chi connectivity index (χ1n) is 11.9. The molecule has 0 bridgehead atoms. The molecule has 1 atom stereocenters. The first-order valence-corrected chi connectivity index (χ1v) is 13.6. The van der Waals surface area contributed by atoms with Crippen LogP contribution in [0.1, 0.15) is 35.2 Å². The fraction of sp³-hybridized carbons (Fsp3) is 0.259. The molecule has 0 aliphatic carbocycles. The fourth-order valence-corrected chi connectivity index (χ4v) is 5.66. The zero-order valence-corrected chi connectivity index (χ0v) is 22.5. The van der Waals surface area contributed by atoms with Gasteiger partial charge in [0.05, 0.1) is 21.2 Å². The molecule has 1 fully saturated rings. The third-order valence-corrected chi connectivity index (χ3v) is 8.19. The van der Waals surface area contributed by atoms with Crippen molar-refractivity contribution in [3.05, 3.63) is 75.1 Å². The Kier molecular flexibility index (Phi) is 9.04. The summed E-state index contributed by atoms with van der Waals surface area (Å²) in [4.78, 5) is 51.0. The molecule has 2 aromatic carbocycles. The number of rotatable bonds is 8. The van der Waals surface area contributed by atoms with Gasteiger partial charge >= 0.3 is 5.97 Å². The van der Waals surface area contributed by atoms with E-state index >= 15 is 0 Å². The monoisotopic (exact) mass is 573 g/mol. The van der Waals surface area contributed by atoms with Crippen LogP contribution in [0.25, 0.3) is 16.2 Å². The third kappa shape index (κ3) is 6.72. The van der Waals surface area contributed by atoms with E-state index < -0.39 is 30.2 Å². The van der Waals surface area contributed by atoms with E-state index in [1.54, 1.807) is 41.3 Å². The Morgan fingerprint density at radius 1 is 1.08 bits per heavy atom. The van der Waals surface area contributed by atoms with E-state index in [2.05, 4.69) is 10.6 Å². The van der Waals surface area contributed by atoms with E-state index in [1.807, 2.05) is 17.5 Å². The van der Waals surface area contributed by atoms with Crippen LogP contribution in [0.2, 0.25) is 10.0 Å². The predicted octanol–water partition coefficient (Wildman–Crippen LogP) is 4.60. The lowest BCUT2D eigenvalue weighted by Gasteiger charge is -2.32. The van der Waals surface area contributed by atoms with Crippen molar-refractivity contribution in [3.8, 4) is 0 Å². The van der Waals surface area contributed by atoms with Gasteiger partial charge in [-0.15, -0.1) is 11.3 Å². The van der Waals surface area contributed by atoms with Gasteiger partial charge in [-0.2, -0.15) is 0 Å². The molecule has 1 aliphatic rings. The van der Waals surface area contributed by atoms with Crippen LogP contribution in [-0.2, 0) is 14.4 Å². The Balaban J connectivity index is 1.32. The minimum Gasteiger partial charge on any atom is -0.481 e. The van der Waals surface area contributed by atoms with Gasteiger partial charge in [-0.25, -0.2) is 0 Å². The van der Waals surface area contributed by atoms with Crippen molar-refractivity contribution >= 4 is 74.4 Å². The van der Waals surface area contributed by atoms with Gasteiger partial charge in [0.15, 0.2) is 0 Å².